The number of hydrogen-bond donors (Lipinski definition) is 2. The Labute approximate surface area is 114 Å². The number of carbonyl (C=O) groups is 1. The number of H-pyrrole nitrogens is 1. The largest absolute Gasteiger partial charge is 0.311 e. The number of nitrogens with zero attached hydrogens (tertiary/aromatic N) is 1. The average Bonchev–Trinajstić information content (AvgIpc) is 2.76. The molecule has 4 nitrogen and oxygen atoms in total. The van der Waals surface area contributed by atoms with Gasteiger partial charge in [0, 0.05) is 10.0 Å². The molecule has 0 fully saturated rings. The topological polar surface area (TPSA) is 57.8 Å². The Hall–Kier alpha value is -1.62. The Morgan fingerprint density at radius 2 is 2.33 bits per heavy atom. The van der Waals surface area contributed by atoms with Gasteiger partial charge >= 0.3 is 0 Å². The van der Waals surface area contributed by atoms with E-state index >= 15 is 0 Å². The fourth-order valence-electron chi connectivity index (χ4n) is 1.70. The van der Waals surface area contributed by atoms with E-state index in [9.17, 15) is 4.79 Å². The summed E-state index contributed by atoms with van der Waals surface area (Å²) >= 11 is 3.39. The van der Waals surface area contributed by atoms with E-state index in [0.29, 0.717) is 12.2 Å². The second kappa shape index (κ2) is 5.82. The highest BCUT2D eigenvalue weighted by atomic mass is 79.9. The number of nitrogens with one attached hydrogen (secondary N) is 2. The average molecular weight is 308 g/mol. The Morgan fingerprint density at radius 3 is 3.06 bits per heavy atom. The minimum atomic E-state index is -0.0490. The first-order valence-corrected chi connectivity index (χ1v) is 6.55. The molecule has 0 bridgehead atoms. The van der Waals surface area contributed by atoms with E-state index < -0.39 is 0 Å². The lowest BCUT2D eigenvalue weighted by molar-refractivity contribution is -0.115. The second-order valence-corrected chi connectivity index (χ2v) is 4.89. The maximum absolute atomic E-state index is 11.9. The predicted octanol–water partition coefficient (Wildman–Crippen LogP) is 2.92. The van der Waals surface area contributed by atoms with E-state index in [2.05, 4.69) is 31.4 Å². The zero-order valence-electron chi connectivity index (χ0n) is 10.0. The molecule has 0 radical (unpaired) electrons. The molecule has 18 heavy (non-hydrogen) atoms. The summed E-state index contributed by atoms with van der Waals surface area (Å²) in [5, 5.41) is 9.55. The molecule has 2 aromatic rings. The van der Waals surface area contributed by atoms with Crippen molar-refractivity contribution in [3.05, 3.63) is 46.1 Å². The molecule has 0 saturated heterocycles. The van der Waals surface area contributed by atoms with Crippen molar-refractivity contribution in [3.8, 4) is 0 Å². The van der Waals surface area contributed by atoms with Gasteiger partial charge in [0.2, 0.25) is 5.91 Å². The zero-order valence-corrected chi connectivity index (χ0v) is 11.6. The molecule has 0 aliphatic rings. The van der Waals surface area contributed by atoms with Crippen LogP contribution in [0.3, 0.4) is 0 Å². The maximum Gasteiger partial charge on any atom is 0.229 e. The smallest absolute Gasteiger partial charge is 0.229 e. The minimum absolute atomic E-state index is 0.0490. The second-order valence-electron chi connectivity index (χ2n) is 3.98. The molecule has 1 amide bonds. The molecular weight excluding hydrogens is 294 g/mol. The summed E-state index contributed by atoms with van der Waals surface area (Å²) in [6.07, 6.45) is 2.92. The lowest BCUT2D eigenvalue weighted by Gasteiger charge is -2.05. The first-order valence-electron chi connectivity index (χ1n) is 5.75. The number of benzene rings is 1. The Balaban J connectivity index is 2.01. The van der Waals surface area contributed by atoms with Gasteiger partial charge in [-0.25, -0.2) is 0 Å². The summed E-state index contributed by atoms with van der Waals surface area (Å²) in [4.78, 5) is 11.9. The van der Waals surface area contributed by atoms with Crippen LogP contribution in [0.2, 0.25) is 0 Å². The van der Waals surface area contributed by atoms with Crippen molar-refractivity contribution >= 4 is 27.7 Å². The molecule has 5 heteroatoms. The van der Waals surface area contributed by atoms with Gasteiger partial charge in [-0.1, -0.05) is 35.0 Å². The van der Waals surface area contributed by atoms with E-state index in [4.69, 9.17) is 0 Å². The molecule has 0 saturated carbocycles. The molecule has 94 valence electrons. The van der Waals surface area contributed by atoms with E-state index in [1.807, 2.05) is 31.2 Å². The number of rotatable bonds is 4. The molecule has 2 N–H and O–H groups in total. The van der Waals surface area contributed by atoms with E-state index in [1.54, 1.807) is 6.20 Å². The Morgan fingerprint density at radius 1 is 1.50 bits per heavy atom. The highest BCUT2D eigenvalue weighted by molar-refractivity contribution is 9.10. The molecule has 2 rings (SSSR count). The Kier molecular flexibility index (Phi) is 4.15. The van der Waals surface area contributed by atoms with Crippen LogP contribution >= 0.6 is 15.9 Å². The van der Waals surface area contributed by atoms with Gasteiger partial charge in [0.25, 0.3) is 0 Å². The van der Waals surface area contributed by atoms with Crippen molar-refractivity contribution in [1.82, 2.24) is 10.2 Å². The highest BCUT2D eigenvalue weighted by Crippen LogP contribution is 2.14. The van der Waals surface area contributed by atoms with Crippen LogP contribution in [0.4, 0.5) is 5.82 Å². The van der Waals surface area contributed by atoms with Crippen molar-refractivity contribution in [2.24, 2.45) is 0 Å². The number of aryl methyl sites for hydroxylation is 1. The van der Waals surface area contributed by atoms with Crippen LogP contribution < -0.4 is 5.32 Å². The summed E-state index contributed by atoms with van der Waals surface area (Å²) in [5.74, 6) is 0.643. The van der Waals surface area contributed by atoms with Crippen molar-refractivity contribution in [1.29, 1.82) is 0 Å². The van der Waals surface area contributed by atoms with Crippen LogP contribution in [0.1, 0.15) is 18.1 Å². The number of anilines is 1. The fourth-order valence-corrected chi connectivity index (χ4v) is 2.15. The number of carbonyl (C=O) groups excluding carboxylic acids is 1. The minimum Gasteiger partial charge on any atom is -0.311 e. The first kappa shape index (κ1) is 12.8. The van der Waals surface area contributed by atoms with Gasteiger partial charge in [-0.3, -0.25) is 9.89 Å². The standard InChI is InChI=1S/C13H14BrN3O/c1-2-10-8-15-17-13(10)16-12(18)7-9-4-3-5-11(14)6-9/h3-6,8H,2,7H2,1H3,(H2,15,16,17,18). The van der Waals surface area contributed by atoms with Crippen molar-refractivity contribution < 1.29 is 4.79 Å². The van der Waals surface area contributed by atoms with Crippen molar-refractivity contribution in [2.45, 2.75) is 19.8 Å². The predicted molar refractivity (Wildman–Crippen MR) is 74.4 cm³/mol. The summed E-state index contributed by atoms with van der Waals surface area (Å²) in [7, 11) is 0. The number of aromatic nitrogens is 2. The molecule has 0 aliphatic carbocycles. The van der Waals surface area contributed by atoms with E-state index in [-0.39, 0.29) is 5.91 Å². The lowest BCUT2D eigenvalue weighted by atomic mass is 10.1. The molecule has 0 unspecified atom stereocenters. The summed E-state index contributed by atoms with van der Waals surface area (Å²) in [5.41, 5.74) is 1.98. The summed E-state index contributed by atoms with van der Waals surface area (Å²) in [6.45, 7) is 2.02. The third kappa shape index (κ3) is 3.20. The third-order valence-electron chi connectivity index (χ3n) is 2.62. The van der Waals surface area contributed by atoms with Gasteiger partial charge in [0.1, 0.15) is 5.82 Å². The van der Waals surface area contributed by atoms with Gasteiger partial charge in [0.15, 0.2) is 0 Å². The van der Waals surface area contributed by atoms with Gasteiger partial charge in [-0.05, 0) is 24.1 Å². The number of amides is 1. The van der Waals surface area contributed by atoms with Crippen LogP contribution in [-0.4, -0.2) is 16.1 Å². The van der Waals surface area contributed by atoms with Crippen LogP contribution in [0.5, 0.6) is 0 Å². The molecule has 1 heterocycles. The Bertz CT molecular complexity index is 551. The van der Waals surface area contributed by atoms with Crippen LogP contribution in [0, 0.1) is 0 Å². The summed E-state index contributed by atoms with van der Waals surface area (Å²) in [6, 6.07) is 7.72. The zero-order chi connectivity index (χ0) is 13.0. The van der Waals surface area contributed by atoms with Crippen LogP contribution in [0.15, 0.2) is 34.9 Å². The van der Waals surface area contributed by atoms with Crippen LogP contribution in [0.25, 0.3) is 0 Å². The van der Waals surface area contributed by atoms with Gasteiger partial charge in [-0.2, -0.15) is 5.10 Å². The normalized spacial score (nSPS) is 10.3. The number of aromatic amines is 1. The van der Waals surface area contributed by atoms with Gasteiger partial charge in [0.05, 0.1) is 12.6 Å². The quantitative estimate of drug-likeness (QED) is 0.912. The molecular formula is C13H14BrN3O. The fraction of sp³-hybridized carbons (Fsp3) is 0.231. The SMILES string of the molecule is CCc1cn[nH]c1NC(=O)Cc1cccc(Br)c1. The molecule has 0 spiro atoms. The maximum atomic E-state index is 11.9. The summed E-state index contributed by atoms with van der Waals surface area (Å²) < 4.78 is 0.976. The van der Waals surface area contributed by atoms with Gasteiger partial charge in [-0.15, -0.1) is 0 Å². The van der Waals surface area contributed by atoms with Crippen molar-refractivity contribution in [2.75, 3.05) is 5.32 Å². The molecule has 0 atom stereocenters. The monoisotopic (exact) mass is 307 g/mol. The lowest BCUT2D eigenvalue weighted by Crippen LogP contribution is -2.15. The third-order valence-corrected chi connectivity index (χ3v) is 3.11. The molecule has 0 aliphatic heterocycles. The van der Waals surface area contributed by atoms with E-state index in [1.165, 1.54) is 0 Å². The van der Waals surface area contributed by atoms with Gasteiger partial charge < -0.3 is 5.32 Å². The van der Waals surface area contributed by atoms with Crippen molar-refractivity contribution in [3.63, 3.8) is 0 Å². The number of hydrogen-bond acceptors (Lipinski definition) is 2. The highest BCUT2D eigenvalue weighted by Gasteiger charge is 2.08. The van der Waals surface area contributed by atoms with Crippen LogP contribution in [-0.2, 0) is 17.6 Å². The molecule has 1 aromatic heterocycles. The number of halogens is 1. The molecule has 1 aromatic carbocycles. The van der Waals surface area contributed by atoms with E-state index in [0.717, 1.165) is 22.0 Å². The first-order chi connectivity index (χ1) is 8.69.